The Balaban J connectivity index is 1.87. The van der Waals surface area contributed by atoms with Gasteiger partial charge in [0, 0.05) is 6.42 Å². The summed E-state index contributed by atoms with van der Waals surface area (Å²) in [6.45, 7) is 4.67. The molecule has 0 aliphatic heterocycles. The van der Waals surface area contributed by atoms with Crippen LogP contribution in [0.25, 0.3) is 0 Å². The van der Waals surface area contributed by atoms with E-state index in [4.69, 9.17) is 4.74 Å². The highest BCUT2D eigenvalue weighted by atomic mass is 16.5. The van der Waals surface area contributed by atoms with Crippen LogP contribution < -0.4 is 4.74 Å². The molecule has 0 heterocycles. The fourth-order valence-corrected chi connectivity index (χ4v) is 2.18. The van der Waals surface area contributed by atoms with Crippen molar-refractivity contribution in [2.75, 3.05) is 6.61 Å². The van der Waals surface area contributed by atoms with Crippen LogP contribution in [0.2, 0.25) is 0 Å². The summed E-state index contributed by atoms with van der Waals surface area (Å²) in [6, 6.07) is 16.1. The van der Waals surface area contributed by atoms with Crippen molar-refractivity contribution in [3.8, 4) is 5.75 Å². The van der Waals surface area contributed by atoms with Crippen LogP contribution in [0, 0.1) is 6.92 Å². The van der Waals surface area contributed by atoms with Crippen LogP contribution >= 0.6 is 0 Å². The molecular weight excluding hydrogens is 248 g/mol. The Kier molecular flexibility index (Phi) is 5.19. The lowest BCUT2D eigenvalue weighted by Gasteiger charge is -2.13. The van der Waals surface area contributed by atoms with Gasteiger partial charge < -0.3 is 9.84 Å². The third-order valence-electron chi connectivity index (χ3n) is 3.39. The minimum absolute atomic E-state index is 0.466. The highest BCUT2D eigenvalue weighted by Gasteiger charge is 2.08. The van der Waals surface area contributed by atoms with E-state index in [0.29, 0.717) is 13.0 Å². The molecule has 2 aromatic carbocycles. The maximum Gasteiger partial charge on any atom is 0.119 e. The minimum Gasteiger partial charge on any atom is -0.493 e. The number of hydrogen-bond acceptors (Lipinski definition) is 2. The zero-order valence-corrected chi connectivity index (χ0v) is 12.2. The van der Waals surface area contributed by atoms with Crippen LogP contribution in [0.5, 0.6) is 5.75 Å². The summed E-state index contributed by atoms with van der Waals surface area (Å²) in [5, 5.41) is 10.2. The van der Waals surface area contributed by atoms with Crippen LogP contribution in [-0.4, -0.2) is 11.7 Å². The molecule has 0 amide bonds. The number of benzene rings is 2. The lowest BCUT2D eigenvalue weighted by molar-refractivity contribution is 0.140. The molecule has 0 aliphatic carbocycles. The molecule has 0 radical (unpaired) electrons. The number of rotatable bonds is 6. The smallest absolute Gasteiger partial charge is 0.119 e. The van der Waals surface area contributed by atoms with Gasteiger partial charge in [-0.05, 0) is 42.2 Å². The fraction of sp³-hybridized carbons (Fsp3) is 0.333. The molecular formula is C18H22O2. The first kappa shape index (κ1) is 14.6. The Labute approximate surface area is 121 Å². The number of aliphatic hydroxyl groups excluding tert-OH is 1. The number of hydrogen-bond donors (Lipinski definition) is 1. The second kappa shape index (κ2) is 7.11. The topological polar surface area (TPSA) is 29.5 Å². The average Bonchev–Trinajstić information content (AvgIpc) is 2.47. The average molecular weight is 270 g/mol. The van der Waals surface area contributed by atoms with Crippen LogP contribution in [0.3, 0.4) is 0 Å². The van der Waals surface area contributed by atoms with Gasteiger partial charge in [0.15, 0.2) is 0 Å². The second-order valence-corrected chi connectivity index (χ2v) is 5.07. The maximum absolute atomic E-state index is 10.2. The minimum atomic E-state index is -0.466. The van der Waals surface area contributed by atoms with E-state index in [1.165, 1.54) is 11.1 Å². The van der Waals surface area contributed by atoms with Crippen molar-refractivity contribution in [2.45, 2.75) is 32.8 Å². The van der Waals surface area contributed by atoms with Gasteiger partial charge in [-0.15, -0.1) is 0 Å². The third kappa shape index (κ3) is 4.10. The summed E-state index contributed by atoms with van der Waals surface area (Å²) in [5.41, 5.74) is 3.40. The highest BCUT2D eigenvalue weighted by Crippen LogP contribution is 2.19. The Morgan fingerprint density at radius 3 is 2.65 bits per heavy atom. The van der Waals surface area contributed by atoms with E-state index in [2.05, 4.69) is 19.1 Å². The molecule has 0 spiro atoms. The van der Waals surface area contributed by atoms with E-state index in [9.17, 15) is 5.11 Å². The summed E-state index contributed by atoms with van der Waals surface area (Å²) in [6.07, 6.45) is 1.12. The van der Waals surface area contributed by atoms with Crippen molar-refractivity contribution >= 4 is 0 Å². The molecule has 0 aliphatic rings. The lowest BCUT2D eigenvalue weighted by atomic mass is 10.0. The van der Waals surface area contributed by atoms with Crippen LogP contribution in [-0.2, 0) is 6.42 Å². The van der Waals surface area contributed by atoms with Crippen LogP contribution in [0.1, 0.15) is 36.1 Å². The zero-order valence-electron chi connectivity index (χ0n) is 12.2. The van der Waals surface area contributed by atoms with Gasteiger partial charge in [-0.2, -0.15) is 0 Å². The van der Waals surface area contributed by atoms with Crippen molar-refractivity contribution in [2.24, 2.45) is 0 Å². The van der Waals surface area contributed by atoms with Gasteiger partial charge >= 0.3 is 0 Å². The van der Waals surface area contributed by atoms with E-state index in [-0.39, 0.29) is 0 Å². The third-order valence-corrected chi connectivity index (χ3v) is 3.39. The van der Waals surface area contributed by atoms with Gasteiger partial charge in [0.05, 0.1) is 12.7 Å². The first-order valence-corrected chi connectivity index (χ1v) is 7.15. The van der Waals surface area contributed by atoms with E-state index in [1.54, 1.807) is 0 Å². The summed E-state index contributed by atoms with van der Waals surface area (Å²) in [4.78, 5) is 0. The number of aliphatic hydroxyl groups is 1. The standard InChI is InChI=1S/C18H22O2/c1-3-15-7-5-8-16(13-15)18(19)10-11-20-17-9-4-6-14(2)12-17/h4-9,12-13,18-19H,3,10-11H2,1-2H3. The Bertz CT molecular complexity index is 549. The van der Waals surface area contributed by atoms with E-state index in [0.717, 1.165) is 17.7 Å². The monoisotopic (exact) mass is 270 g/mol. The molecule has 106 valence electrons. The van der Waals surface area contributed by atoms with Gasteiger partial charge in [-0.25, -0.2) is 0 Å². The predicted molar refractivity (Wildman–Crippen MR) is 82.1 cm³/mol. The summed E-state index contributed by atoms with van der Waals surface area (Å²) in [7, 11) is 0. The predicted octanol–water partition coefficient (Wildman–Crippen LogP) is 4.06. The number of aryl methyl sites for hydroxylation is 2. The molecule has 1 unspecified atom stereocenters. The largest absolute Gasteiger partial charge is 0.493 e. The van der Waals surface area contributed by atoms with E-state index in [1.807, 2.05) is 43.3 Å². The quantitative estimate of drug-likeness (QED) is 0.857. The molecule has 2 heteroatoms. The maximum atomic E-state index is 10.2. The molecule has 0 aromatic heterocycles. The summed E-state index contributed by atoms with van der Waals surface area (Å²) < 4.78 is 5.68. The zero-order chi connectivity index (χ0) is 14.4. The Morgan fingerprint density at radius 1 is 1.10 bits per heavy atom. The van der Waals surface area contributed by atoms with E-state index < -0.39 is 6.10 Å². The summed E-state index contributed by atoms with van der Waals surface area (Å²) in [5.74, 6) is 0.861. The van der Waals surface area contributed by atoms with Crippen LogP contribution in [0.4, 0.5) is 0 Å². The Morgan fingerprint density at radius 2 is 1.90 bits per heavy atom. The summed E-state index contributed by atoms with van der Waals surface area (Å²) >= 11 is 0. The van der Waals surface area contributed by atoms with Gasteiger partial charge in [0.2, 0.25) is 0 Å². The normalized spacial score (nSPS) is 12.2. The fourth-order valence-electron chi connectivity index (χ4n) is 2.18. The molecule has 2 aromatic rings. The second-order valence-electron chi connectivity index (χ2n) is 5.07. The van der Waals surface area contributed by atoms with Crippen LogP contribution in [0.15, 0.2) is 48.5 Å². The molecule has 0 saturated heterocycles. The molecule has 0 saturated carbocycles. The molecule has 1 atom stereocenters. The van der Waals surface area contributed by atoms with Crippen molar-refractivity contribution < 1.29 is 9.84 Å². The van der Waals surface area contributed by atoms with E-state index >= 15 is 0 Å². The molecule has 2 rings (SSSR count). The van der Waals surface area contributed by atoms with Gasteiger partial charge in [-0.3, -0.25) is 0 Å². The van der Waals surface area contributed by atoms with Crippen molar-refractivity contribution in [1.82, 2.24) is 0 Å². The highest BCUT2D eigenvalue weighted by molar-refractivity contribution is 5.27. The Hall–Kier alpha value is -1.80. The SMILES string of the molecule is CCc1cccc(C(O)CCOc2cccc(C)c2)c1. The number of ether oxygens (including phenoxy) is 1. The molecule has 1 N–H and O–H groups in total. The van der Waals surface area contributed by atoms with Crippen molar-refractivity contribution in [3.63, 3.8) is 0 Å². The van der Waals surface area contributed by atoms with Crippen molar-refractivity contribution in [3.05, 3.63) is 65.2 Å². The van der Waals surface area contributed by atoms with Gasteiger partial charge in [-0.1, -0.05) is 43.3 Å². The van der Waals surface area contributed by atoms with Gasteiger partial charge in [0.25, 0.3) is 0 Å². The lowest BCUT2D eigenvalue weighted by Crippen LogP contribution is -2.05. The van der Waals surface area contributed by atoms with Gasteiger partial charge in [0.1, 0.15) is 5.75 Å². The van der Waals surface area contributed by atoms with Crippen molar-refractivity contribution in [1.29, 1.82) is 0 Å². The molecule has 0 bridgehead atoms. The molecule has 20 heavy (non-hydrogen) atoms. The first-order valence-electron chi connectivity index (χ1n) is 7.15. The molecule has 0 fully saturated rings. The first-order chi connectivity index (χ1) is 9.69. The molecule has 2 nitrogen and oxygen atoms in total.